The monoisotopic (exact) mass is 226 g/mol. The highest BCUT2D eigenvalue weighted by Crippen LogP contribution is 1.96. The molecule has 0 bridgehead atoms. The van der Waals surface area contributed by atoms with Crippen molar-refractivity contribution in [2.75, 3.05) is 26.1 Å². The fourth-order valence-corrected chi connectivity index (χ4v) is 0.963. The van der Waals surface area contributed by atoms with Crippen LogP contribution in [0.5, 0.6) is 0 Å². The zero-order chi connectivity index (χ0) is 11.8. The molecule has 1 rings (SSSR count). The second-order valence-electron chi connectivity index (χ2n) is 2.83. The van der Waals surface area contributed by atoms with E-state index >= 15 is 0 Å². The molecule has 0 saturated carbocycles. The Kier molecular flexibility index (Phi) is 5.17. The summed E-state index contributed by atoms with van der Waals surface area (Å²) in [5, 5.41) is 5.08. The first-order chi connectivity index (χ1) is 7.76. The van der Waals surface area contributed by atoms with Crippen LogP contribution in [-0.4, -0.2) is 43.1 Å². The second-order valence-corrected chi connectivity index (χ2v) is 2.83. The van der Waals surface area contributed by atoms with Crippen molar-refractivity contribution in [3.8, 4) is 0 Å². The van der Waals surface area contributed by atoms with Gasteiger partial charge in [0.05, 0.1) is 12.7 Å². The van der Waals surface area contributed by atoms with Gasteiger partial charge in [-0.05, 0) is 0 Å². The van der Waals surface area contributed by atoms with Crippen LogP contribution in [0.25, 0.3) is 0 Å². The van der Waals surface area contributed by atoms with Gasteiger partial charge in [-0.3, -0.25) is 10.3 Å². The van der Waals surface area contributed by atoms with E-state index in [1.807, 2.05) is 0 Å². The molecular formula is C9H14N4O3. The quantitative estimate of drug-likeness (QED) is 0.701. The van der Waals surface area contributed by atoms with Crippen molar-refractivity contribution in [3.63, 3.8) is 0 Å². The van der Waals surface area contributed by atoms with Gasteiger partial charge in [-0.25, -0.2) is 9.78 Å². The van der Waals surface area contributed by atoms with E-state index in [4.69, 9.17) is 9.47 Å². The molecule has 7 heteroatoms. The predicted molar refractivity (Wildman–Crippen MR) is 56.9 cm³/mol. The van der Waals surface area contributed by atoms with Crippen LogP contribution in [0, 0.1) is 0 Å². The van der Waals surface area contributed by atoms with E-state index < -0.39 is 6.29 Å². The summed E-state index contributed by atoms with van der Waals surface area (Å²) in [6, 6.07) is -0.389. The Morgan fingerprint density at radius 3 is 2.75 bits per heavy atom. The number of hydrogen-bond acceptors (Lipinski definition) is 5. The van der Waals surface area contributed by atoms with Gasteiger partial charge in [0.25, 0.3) is 0 Å². The molecule has 16 heavy (non-hydrogen) atoms. The second kappa shape index (κ2) is 6.70. The molecule has 0 aliphatic rings. The smallest absolute Gasteiger partial charge is 0.320 e. The number of amides is 2. The maximum absolute atomic E-state index is 11.3. The summed E-state index contributed by atoms with van der Waals surface area (Å²) in [7, 11) is 2.99. The van der Waals surface area contributed by atoms with E-state index in [0.717, 1.165) is 0 Å². The van der Waals surface area contributed by atoms with E-state index in [9.17, 15) is 4.79 Å². The number of nitrogens with zero attached hydrogens (tertiary/aromatic N) is 2. The Bertz CT molecular complexity index is 316. The van der Waals surface area contributed by atoms with E-state index in [1.165, 1.54) is 32.8 Å². The number of rotatable bonds is 5. The molecule has 0 spiro atoms. The normalized spacial score (nSPS) is 10.2. The van der Waals surface area contributed by atoms with E-state index in [0.29, 0.717) is 5.82 Å². The number of hydrogen-bond donors (Lipinski definition) is 2. The molecule has 0 atom stereocenters. The molecule has 1 aromatic heterocycles. The van der Waals surface area contributed by atoms with E-state index in [-0.39, 0.29) is 12.6 Å². The Morgan fingerprint density at radius 1 is 1.44 bits per heavy atom. The zero-order valence-electron chi connectivity index (χ0n) is 9.14. The molecule has 0 aliphatic carbocycles. The minimum atomic E-state index is -0.465. The summed E-state index contributed by atoms with van der Waals surface area (Å²) in [6.07, 6.45) is 3.99. The van der Waals surface area contributed by atoms with Gasteiger partial charge in [0.15, 0.2) is 12.1 Å². The zero-order valence-corrected chi connectivity index (χ0v) is 9.14. The lowest BCUT2D eigenvalue weighted by Crippen LogP contribution is -2.37. The minimum Gasteiger partial charge on any atom is -0.354 e. The van der Waals surface area contributed by atoms with Crippen molar-refractivity contribution in [2.24, 2.45) is 0 Å². The molecule has 0 aliphatic heterocycles. The Hall–Kier alpha value is -1.73. The first-order valence-corrected chi connectivity index (χ1v) is 4.62. The standard InChI is InChI=1S/C9H14N4O3/c1-15-8(16-2)6-12-9(14)13-7-5-10-3-4-11-7/h3-5,8H,6H2,1-2H3,(H2,11,12,13,14). The predicted octanol–water partition coefficient (Wildman–Crippen LogP) is 0.217. The first kappa shape index (κ1) is 12.3. The van der Waals surface area contributed by atoms with Gasteiger partial charge in [-0.2, -0.15) is 0 Å². The van der Waals surface area contributed by atoms with Crippen molar-refractivity contribution in [1.82, 2.24) is 15.3 Å². The van der Waals surface area contributed by atoms with Crippen molar-refractivity contribution >= 4 is 11.8 Å². The minimum absolute atomic E-state index is 0.249. The molecule has 0 fully saturated rings. The van der Waals surface area contributed by atoms with Gasteiger partial charge in [0.1, 0.15) is 0 Å². The molecule has 0 radical (unpaired) electrons. The summed E-state index contributed by atoms with van der Waals surface area (Å²) < 4.78 is 9.81. The number of aromatic nitrogens is 2. The van der Waals surface area contributed by atoms with Gasteiger partial charge >= 0.3 is 6.03 Å². The highest BCUT2D eigenvalue weighted by Gasteiger charge is 2.07. The number of carbonyl (C=O) groups is 1. The van der Waals surface area contributed by atoms with Gasteiger partial charge in [0.2, 0.25) is 0 Å². The lowest BCUT2D eigenvalue weighted by Gasteiger charge is -2.14. The van der Waals surface area contributed by atoms with Crippen LogP contribution in [0.4, 0.5) is 10.6 Å². The van der Waals surface area contributed by atoms with Crippen LogP contribution >= 0.6 is 0 Å². The van der Waals surface area contributed by atoms with E-state index in [1.54, 1.807) is 0 Å². The molecule has 1 aromatic rings. The van der Waals surface area contributed by atoms with E-state index in [2.05, 4.69) is 20.6 Å². The summed E-state index contributed by atoms with van der Waals surface area (Å²) in [5.74, 6) is 0.381. The van der Waals surface area contributed by atoms with Crippen LogP contribution in [0.15, 0.2) is 18.6 Å². The molecule has 0 aromatic carbocycles. The number of methoxy groups -OCH3 is 2. The maximum Gasteiger partial charge on any atom is 0.320 e. The summed E-state index contributed by atoms with van der Waals surface area (Å²) >= 11 is 0. The molecule has 0 unspecified atom stereocenters. The van der Waals surface area contributed by atoms with Gasteiger partial charge in [-0.15, -0.1) is 0 Å². The fraction of sp³-hybridized carbons (Fsp3) is 0.444. The van der Waals surface area contributed by atoms with Crippen molar-refractivity contribution < 1.29 is 14.3 Å². The van der Waals surface area contributed by atoms with Crippen LogP contribution in [-0.2, 0) is 9.47 Å². The molecule has 1 heterocycles. The number of nitrogens with one attached hydrogen (secondary N) is 2. The molecule has 2 amide bonds. The summed E-state index contributed by atoms with van der Waals surface area (Å²) in [5.41, 5.74) is 0. The van der Waals surface area contributed by atoms with Crippen LogP contribution in [0.1, 0.15) is 0 Å². The summed E-state index contributed by atoms with van der Waals surface area (Å²) in [6.45, 7) is 0.249. The van der Waals surface area contributed by atoms with Crippen LogP contribution in [0.3, 0.4) is 0 Å². The largest absolute Gasteiger partial charge is 0.354 e. The Morgan fingerprint density at radius 2 is 2.19 bits per heavy atom. The lowest BCUT2D eigenvalue weighted by atomic mass is 10.6. The third-order valence-electron chi connectivity index (χ3n) is 1.76. The molecular weight excluding hydrogens is 212 g/mol. The Labute approximate surface area is 93.2 Å². The fourth-order valence-electron chi connectivity index (χ4n) is 0.963. The number of ether oxygens (including phenoxy) is 2. The van der Waals surface area contributed by atoms with Crippen molar-refractivity contribution in [1.29, 1.82) is 0 Å². The third-order valence-corrected chi connectivity index (χ3v) is 1.76. The number of anilines is 1. The van der Waals surface area contributed by atoms with Crippen molar-refractivity contribution in [2.45, 2.75) is 6.29 Å². The maximum atomic E-state index is 11.3. The molecule has 7 nitrogen and oxygen atoms in total. The van der Waals surface area contributed by atoms with Crippen LogP contribution in [0.2, 0.25) is 0 Å². The molecule has 0 saturated heterocycles. The molecule has 88 valence electrons. The SMILES string of the molecule is COC(CNC(=O)Nc1cnccn1)OC. The highest BCUT2D eigenvalue weighted by atomic mass is 16.7. The van der Waals surface area contributed by atoms with Gasteiger partial charge in [0, 0.05) is 26.6 Å². The summed E-state index contributed by atoms with van der Waals surface area (Å²) in [4.78, 5) is 19.0. The van der Waals surface area contributed by atoms with Gasteiger partial charge < -0.3 is 14.8 Å². The average Bonchev–Trinajstić information content (AvgIpc) is 2.31. The topological polar surface area (TPSA) is 85.4 Å². The van der Waals surface area contributed by atoms with Crippen molar-refractivity contribution in [3.05, 3.63) is 18.6 Å². The Balaban J connectivity index is 2.31. The number of urea groups is 1. The van der Waals surface area contributed by atoms with Crippen LogP contribution < -0.4 is 10.6 Å². The number of carbonyl (C=O) groups excluding carboxylic acids is 1. The van der Waals surface area contributed by atoms with Gasteiger partial charge in [-0.1, -0.05) is 0 Å². The first-order valence-electron chi connectivity index (χ1n) is 4.62. The lowest BCUT2D eigenvalue weighted by molar-refractivity contribution is -0.0970. The highest BCUT2D eigenvalue weighted by molar-refractivity contribution is 5.87. The average molecular weight is 226 g/mol. The third kappa shape index (κ3) is 4.20. The molecule has 2 N–H and O–H groups in total.